The van der Waals surface area contributed by atoms with Gasteiger partial charge in [0.2, 0.25) is 5.88 Å². The maximum atomic E-state index is 13.4. The molecule has 4 aromatic rings. The van der Waals surface area contributed by atoms with Crippen LogP contribution in [0.5, 0.6) is 11.6 Å². The van der Waals surface area contributed by atoms with Crippen molar-refractivity contribution >= 4 is 10.9 Å². The fourth-order valence-corrected chi connectivity index (χ4v) is 4.14. The molecule has 0 aliphatic rings. The predicted octanol–water partition coefficient (Wildman–Crippen LogP) is 6.90. The van der Waals surface area contributed by atoms with E-state index in [4.69, 9.17) is 4.74 Å². The van der Waals surface area contributed by atoms with Gasteiger partial charge in [-0.1, -0.05) is 44.4 Å². The number of H-pyrrole nitrogens is 1. The molecule has 3 heterocycles. The third-order valence-corrected chi connectivity index (χ3v) is 6.08. The van der Waals surface area contributed by atoms with Crippen LogP contribution in [0.2, 0.25) is 0 Å². The van der Waals surface area contributed by atoms with Crippen LogP contribution in [-0.2, 0) is 25.6 Å². The van der Waals surface area contributed by atoms with Gasteiger partial charge in [-0.05, 0) is 43.0 Å². The Labute approximate surface area is 201 Å². The number of aryl methyl sites for hydroxylation is 2. The van der Waals surface area contributed by atoms with Gasteiger partial charge >= 0.3 is 6.18 Å². The minimum atomic E-state index is -4.47. The van der Waals surface area contributed by atoms with Crippen LogP contribution in [0.3, 0.4) is 0 Å². The number of hydrogen-bond acceptors (Lipinski definition) is 3. The SMILES string of the molecule is CCCCCCc1c(Oc2ccc(C(F)(F)F)cn2)ccn(CCc2c[nH]c3ccccc23)c1=O. The van der Waals surface area contributed by atoms with E-state index in [2.05, 4.69) is 23.0 Å². The van der Waals surface area contributed by atoms with Gasteiger partial charge in [0, 0.05) is 42.1 Å². The second-order valence-electron chi connectivity index (χ2n) is 8.56. The first-order valence-corrected chi connectivity index (χ1v) is 11.8. The van der Waals surface area contributed by atoms with Crippen LogP contribution in [0.1, 0.15) is 49.3 Å². The largest absolute Gasteiger partial charge is 0.438 e. The predicted molar refractivity (Wildman–Crippen MR) is 130 cm³/mol. The smallest absolute Gasteiger partial charge is 0.417 e. The van der Waals surface area contributed by atoms with E-state index in [1.54, 1.807) is 16.8 Å². The zero-order chi connectivity index (χ0) is 24.8. The molecule has 1 N–H and O–H groups in total. The van der Waals surface area contributed by atoms with Crippen molar-refractivity contribution in [2.45, 2.75) is 58.2 Å². The number of aromatic amines is 1. The van der Waals surface area contributed by atoms with Crippen molar-refractivity contribution in [3.8, 4) is 11.6 Å². The van der Waals surface area contributed by atoms with Crippen molar-refractivity contribution in [2.75, 3.05) is 0 Å². The molecule has 0 aliphatic carbocycles. The van der Waals surface area contributed by atoms with Crippen molar-refractivity contribution < 1.29 is 17.9 Å². The molecule has 0 bridgehead atoms. The van der Waals surface area contributed by atoms with E-state index >= 15 is 0 Å². The maximum Gasteiger partial charge on any atom is 0.417 e. The zero-order valence-corrected chi connectivity index (χ0v) is 19.6. The Morgan fingerprint density at radius 3 is 2.60 bits per heavy atom. The number of benzene rings is 1. The van der Waals surface area contributed by atoms with Crippen molar-refractivity contribution in [3.05, 3.63) is 88.1 Å². The third-order valence-electron chi connectivity index (χ3n) is 6.08. The standard InChI is InChI=1S/C27H28F3N3O2/c1-2-3-4-5-9-22-24(35-25-12-11-20(18-32-25)27(28,29)30)14-16-33(26(22)34)15-13-19-17-31-23-10-7-6-8-21(19)23/h6-8,10-12,14,16-18,31H,2-5,9,13,15H2,1H3. The highest BCUT2D eigenvalue weighted by Crippen LogP contribution is 2.30. The van der Waals surface area contributed by atoms with Crippen molar-refractivity contribution in [2.24, 2.45) is 0 Å². The Morgan fingerprint density at radius 2 is 1.86 bits per heavy atom. The fraction of sp³-hybridized carbons (Fsp3) is 0.333. The number of para-hydroxylation sites is 1. The van der Waals surface area contributed by atoms with Crippen LogP contribution < -0.4 is 10.3 Å². The minimum Gasteiger partial charge on any atom is -0.438 e. The number of nitrogens with zero attached hydrogens (tertiary/aromatic N) is 2. The van der Waals surface area contributed by atoms with Gasteiger partial charge in [0.05, 0.1) is 11.1 Å². The zero-order valence-electron chi connectivity index (χ0n) is 19.6. The summed E-state index contributed by atoms with van der Waals surface area (Å²) < 4.78 is 46.0. The third kappa shape index (κ3) is 5.93. The van der Waals surface area contributed by atoms with E-state index in [1.807, 2.05) is 24.4 Å². The highest BCUT2D eigenvalue weighted by molar-refractivity contribution is 5.82. The van der Waals surface area contributed by atoms with Crippen molar-refractivity contribution in [1.82, 2.24) is 14.5 Å². The van der Waals surface area contributed by atoms with Gasteiger partial charge in [0.25, 0.3) is 5.56 Å². The highest BCUT2D eigenvalue weighted by Gasteiger charge is 2.30. The van der Waals surface area contributed by atoms with E-state index in [0.717, 1.165) is 54.4 Å². The molecular formula is C27H28F3N3O2. The number of rotatable bonds is 10. The summed E-state index contributed by atoms with van der Waals surface area (Å²) in [6, 6.07) is 11.8. The number of hydrogen-bond donors (Lipinski definition) is 1. The summed E-state index contributed by atoms with van der Waals surface area (Å²) in [7, 11) is 0. The van der Waals surface area contributed by atoms with Gasteiger partial charge in [-0.3, -0.25) is 4.79 Å². The van der Waals surface area contributed by atoms with Crippen molar-refractivity contribution in [1.29, 1.82) is 0 Å². The van der Waals surface area contributed by atoms with E-state index in [9.17, 15) is 18.0 Å². The Bertz CT molecular complexity index is 1320. The lowest BCUT2D eigenvalue weighted by Gasteiger charge is -2.14. The van der Waals surface area contributed by atoms with Crippen LogP contribution in [0, 0.1) is 0 Å². The van der Waals surface area contributed by atoms with Crippen LogP contribution in [-0.4, -0.2) is 14.5 Å². The molecule has 184 valence electrons. The first-order chi connectivity index (χ1) is 16.9. The molecule has 5 nitrogen and oxygen atoms in total. The molecular weight excluding hydrogens is 455 g/mol. The van der Waals surface area contributed by atoms with E-state index < -0.39 is 11.7 Å². The van der Waals surface area contributed by atoms with Gasteiger partial charge in [-0.2, -0.15) is 13.2 Å². The second-order valence-corrected chi connectivity index (χ2v) is 8.56. The lowest BCUT2D eigenvalue weighted by molar-refractivity contribution is -0.137. The van der Waals surface area contributed by atoms with Crippen LogP contribution in [0.25, 0.3) is 10.9 Å². The number of aromatic nitrogens is 3. The van der Waals surface area contributed by atoms with Gasteiger partial charge in [-0.15, -0.1) is 0 Å². The molecule has 3 aromatic heterocycles. The molecule has 4 rings (SSSR count). The number of unbranched alkanes of at least 4 members (excludes halogenated alkanes) is 3. The summed E-state index contributed by atoms with van der Waals surface area (Å²) in [5, 5.41) is 1.13. The Kier molecular flexibility index (Phi) is 7.58. The molecule has 0 saturated carbocycles. The molecule has 0 atom stereocenters. The molecule has 0 saturated heterocycles. The molecule has 35 heavy (non-hydrogen) atoms. The monoisotopic (exact) mass is 483 g/mol. The lowest BCUT2D eigenvalue weighted by Crippen LogP contribution is -2.24. The number of ether oxygens (including phenoxy) is 1. The van der Waals surface area contributed by atoms with Gasteiger partial charge < -0.3 is 14.3 Å². The first kappa shape index (κ1) is 24.6. The Morgan fingerprint density at radius 1 is 1.03 bits per heavy atom. The second kappa shape index (κ2) is 10.8. The van der Waals surface area contributed by atoms with E-state index in [0.29, 0.717) is 30.7 Å². The number of alkyl halides is 3. The van der Waals surface area contributed by atoms with Crippen LogP contribution in [0.4, 0.5) is 13.2 Å². The molecule has 8 heteroatoms. The molecule has 0 spiro atoms. The molecule has 1 aromatic carbocycles. The number of nitrogens with one attached hydrogen (secondary N) is 1. The number of halogens is 3. The summed E-state index contributed by atoms with van der Waals surface area (Å²) >= 11 is 0. The maximum absolute atomic E-state index is 13.4. The van der Waals surface area contributed by atoms with E-state index in [1.165, 1.54) is 6.07 Å². The normalized spacial score (nSPS) is 11.8. The van der Waals surface area contributed by atoms with Gasteiger partial charge in [0.15, 0.2) is 0 Å². The Hall–Kier alpha value is -3.55. The summed E-state index contributed by atoms with van der Waals surface area (Å²) in [5.74, 6) is 0.353. The molecule has 0 amide bonds. The average molecular weight is 484 g/mol. The molecule has 0 unspecified atom stereocenters. The van der Waals surface area contributed by atoms with Crippen LogP contribution >= 0.6 is 0 Å². The van der Waals surface area contributed by atoms with Crippen LogP contribution in [0.15, 0.2) is 65.8 Å². The first-order valence-electron chi connectivity index (χ1n) is 11.8. The minimum absolute atomic E-state index is 0.0174. The molecule has 0 aliphatic heterocycles. The van der Waals surface area contributed by atoms with Crippen molar-refractivity contribution in [3.63, 3.8) is 0 Å². The Balaban J connectivity index is 1.56. The number of pyridine rings is 2. The van der Waals surface area contributed by atoms with Gasteiger partial charge in [0.1, 0.15) is 5.75 Å². The highest BCUT2D eigenvalue weighted by atomic mass is 19.4. The van der Waals surface area contributed by atoms with Gasteiger partial charge in [-0.25, -0.2) is 4.98 Å². The molecule has 0 fully saturated rings. The summed E-state index contributed by atoms with van der Waals surface area (Å²) in [5.41, 5.74) is 1.71. The fourth-order valence-electron chi connectivity index (χ4n) is 4.14. The van der Waals surface area contributed by atoms with E-state index in [-0.39, 0.29) is 11.4 Å². The average Bonchev–Trinajstić information content (AvgIpc) is 3.26. The quantitative estimate of drug-likeness (QED) is 0.250. The summed E-state index contributed by atoms with van der Waals surface area (Å²) in [6.07, 6.45) is 5.06. The molecule has 0 radical (unpaired) electrons. The number of fused-ring (bicyclic) bond motifs is 1. The summed E-state index contributed by atoms with van der Waals surface area (Å²) in [4.78, 5) is 20.4. The summed E-state index contributed by atoms with van der Waals surface area (Å²) in [6.45, 7) is 2.62. The lowest BCUT2D eigenvalue weighted by atomic mass is 10.1. The topological polar surface area (TPSA) is 59.9 Å².